The van der Waals surface area contributed by atoms with Crippen molar-refractivity contribution >= 4 is 38.9 Å². The van der Waals surface area contributed by atoms with Crippen molar-refractivity contribution in [1.29, 1.82) is 0 Å². The number of thiophene rings is 1. The van der Waals surface area contributed by atoms with Crippen LogP contribution in [0.1, 0.15) is 23.1 Å². The lowest BCUT2D eigenvalue weighted by Crippen LogP contribution is -2.37. The van der Waals surface area contributed by atoms with E-state index in [1.165, 1.54) is 18.0 Å². The van der Waals surface area contributed by atoms with Crippen LogP contribution in [0.4, 0.5) is 5.69 Å². The number of benzene rings is 1. The number of carbonyl (C=O) groups is 2. The van der Waals surface area contributed by atoms with E-state index < -0.39 is 10.0 Å². The predicted molar refractivity (Wildman–Crippen MR) is 111 cm³/mol. The number of amides is 2. The van der Waals surface area contributed by atoms with Gasteiger partial charge < -0.3 is 10.2 Å². The van der Waals surface area contributed by atoms with E-state index in [0.717, 1.165) is 33.7 Å². The molecule has 2 N–H and O–H groups in total. The number of carbonyl (C=O) groups excluding carboxylic acids is 2. The van der Waals surface area contributed by atoms with Gasteiger partial charge in [-0.05, 0) is 43.3 Å². The summed E-state index contributed by atoms with van der Waals surface area (Å²) in [4.78, 5) is 25.8. The Balaban J connectivity index is 1.84. The van der Waals surface area contributed by atoms with E-state index in [-0.39, 0.29) is 35.5 Å². The average molecular weight is 424 g/mol. The monoisotopic (exact) mass is 423 g/mol. The maximum absolute atomic E-state index is 12.3. The van der Waals surface area contributed by atoms with Crippen LogP contribution in [0.3, 0.4) is 0 Å². The van der Waals surface area contributed by atoms with Gasteiger partial charge in [0.2, 0.25) is 21.8 Å². The summed E-state index contributed by atoms with van der Waals surface area (Å²) in [6.07, 6.45) is -0.0308. The zero-order valence-electron chi connectivity index (χ0n) is 16.4. The normalized spacial score (nSPS) is 11.3. The summed E-state index contributed by atoms with van der Waals surface area (Å²) < 4.78 is 26.6. The van der Waals surface area contributed by atoms with Crippen LogP contribution in [0.2, 0.25) is 0 Å². The fourth-order valence-corrected chi connectivity index (χ4v) is 4.90. The van der Waals surface area contributed by atoms with Crippen molar-refractivity contribution in [3.05, 3.63) is 46.3 Å². The second-order valence-electron chi connectivity index (χ2n) is 6.65. The maximum Gasteiger partial charge on any atom is 0.250 e. The highest BCUT2D eigenvalue weighted by molar-refractivity contribution is 7.91. The van der Waals surface area contributed by atoms with Crippen LogP contribution in [0.15, 0.2) is 33.9 Å². The Labute approximate surface area is 169 Å². The van der Waals surface area contributed by atoms with E-state index in [1.54, 1.807) is 11.4 Å². The molecule has 1 heterocycles. The summed E-state index contributed by atoms with van der Waals surface area (Å²) in [7, 11) is -2.08. The SMILES string of the molecule is Cc1cc(C)c(NC(=O)CN(C)C(=O)CCNS(=O)(=O)c2cccs2)c(C)c1. The van der Waals surface area contributed by atoms with Crippen LogP contribution >= 0.6 is 11.3 Å². The van der Waals surface area contributed by atoms with Crippen LogP contribution in [-0.4, -0.2) is 45.3 Å². The molecule has 0 spiro atoms. The first-order chi connectivity index (χ1) is 13.1. The van der Waals surface area contributed by atoms with Crippen LogP contribution in [-0.2, 0) is 19.6 Å². The minimum atomic E-state index is -3.60. The van der Waals surface area contributed by atoms with Gasteiger partial charge in [0.1, 0.15) is 4.21 Å². The van der Waals surface area contributed by atoms with Crippen LogP contribution in [0, 0.1) is 20.8 Å². The van der Waals surface area contributed by atoms with Crippen LogP contribution in [0.5, 0.6) is 0 Å². The number of nitrogens with zero attached hydrogens (tertiary/aromatic N) is 1. The molecule has 0 fully saturated rings. The summed E-state index contributed by atoms with van der Waals surface area (Å²) >= 11 is 1.11. The lowest BCUT2D eigenvalue weighted by atomic mass is 10.1. The number of anilines is 1. The number of nitrogens with one attached hydrogen (secondary N) is 2. The Morgan fingerprint density at radius 2 is 1.79 bits per heavy atom. The van der Waals surface area contributed by atoms with Gasteiger partial charge in [-0.2, -0.15) is 0 Å². The second-order valence-corrected chi connectivity index (χ2v) is 9.59. The summed E-state index contributed by atoms with van der Waals surface area (Å²) in [6.45, 7) is 5.70. The van der Waals surface area contributed by atoms with E-state index >= 15 is 0 Å². The average Bonchev–Trinajstić information content (AvgIpc) is 3.13. The van der Waals surface area contributed by atoms with Crippen LogP contribution in [0.25, 0.3) is 0 Å². The molecule has 0 aliphatic rings. The summed E-state index contributed by atoms with van der Waals surface area (Å²) in [5.41, 5.74) is 3.79. The zero-order chi connectivity index (χ0) is 20.9. The molecule has 1 aromatic carbocycles. The standard InChI is InChI=1S/C19H25N3O4S2/c1-13-10-14(2)19(15(3)11-13)21-16(23)12-22(4)17(24)7-8-20-28(25,26)18-6-5-9-27-18/h5-6,9-11,20H,7-8,12H2,1-4H3,(H,21,23). The maximum atomic E-state index is 12.3. The third-order valence-corrected chi connectivity index (χ3v) is 7.00. The topological polar surface area (TPSA) is 95.6 Å². The van der Waals surface area contributed by atoms with Gasteiger partial charge >= 0.3 is 0 Å². The van der Waals surface area contributed by atoms with Gasteiger partial charge in [-0.3, -0.25) is 9.59 Å². The fraction of sp³-hybridized carbons (Fsp3) is 0.368. The molecule has 0 bridgehead atoms. The van der Waals surface area contributed by atoms with Gasteiger partial charge in [0.25, 0.3) is 0 Å². The molecule has 2 rings (SSSR count). The van der Waals surface area contributed by atoms with Crippen molar-refractivity contribution in [2.24, 2.45) is 0 Å². The number of aryl methyl sites for hydroxylation is 3. The first kappa shape index (κ1) is 22.1. The van der Waals surface area contributed by atoms with Crippen molar-refractivity contribution < 1.29 is 18.0 Å². The molecule has 0 atom stereocenters. The Hall–Kier alpha value is -2.23. The Kier molecular flexibility index (Phi) is 7.34. The Morgan fingerprint density at radius 1 is 1.14 bits per heavy atom. The van der Waals surface area contributed by atoms with Gasteiger partial charge in [0.05, 0.1) is 6.54 Å². The molecular formula is C19H25N3O4S2. The molecule has 152 valence electrons. The number of rotatable bonds is 8. The Bertz CT molecular complexity index is 931. The molecule has 0 radical (unpaired) electrons. The van der Waals surface area contributed by atoms with E-state index in [2.05, 4.69) is 10.0 Å². The number of hydrogen-bond donors (Lipinski definition) is 2. The largest absolute Gasteiger partial charge is 0.336 e. The number of sulfonamides is 1. The molecule has 2 amide bonds. The summed E-state index contributed by atoms with van der Waals surface area (Å²) in [6, 6.07) is 7.11. The minimum Gasteiger partial charge on any atom is -0.336 e. The summed E-state index contributed by atoms with van der Waals surface area (Å²) in [5, 5.41) is 4.52. The van der Waals surface area contributed by atoms with Crippen molar-refractivity contribution in [1.82, 2.24) is 9.62 Å². The van der Waals surface area contributed by atoms with Gasteiger partial charge in [-0.1, -0.05) is 23.8 Å². The molecule has 1 aromatic heterocycles. The van der Waals surface area contributed by atoms with Gasteiger partial charge in [0, 0.05) is 25.7 Å². The molecule has 9 heteroatoms. The minimum absolute atomic E-state index is 0.0266. The highest BCUT2D eigenvalue weighted by atomic mass is 32.2. The highest BCUT2D eigenvalue weighted by Crippen LogP contribution is 2.21. The molecule has 0 aliphatic heterocycles. The van der Waals surface area contributed by atoms with E-state index in [0.29, 0.717) is 0 Å². The molecule has 28 heavy (non-hydrogen) atoms. The molecule has 0 unspecified atom stereocenters. The second kappa shape index (κ2) is 9.31. The highest BCUT2D eigenvalue weighted by Gasteiger charge is 2.18. The van der Waals surface area contributed by atoms with Gasteiger partial charge in [0.15, 0.2) is 0 Å². The van der Waals surface area contributed by atoms with E-state index in [9.17, 15) is 18.0 Å². The van der Waals surface area contributed by atoms with Crippen molar-refractivity contribution in [3.8, 4) is 0 Å². The molecule has 2 aromatic rings. The quantitative estimate of drug-likeness (QED) is 0.682. The first-order valence-corrected chi connectivity index (χ1v) is 11.1. The number of hydrogen-bond acceptors (Lipinski definition) is 5. The zero-order valence-corrected chi connectivity index (χ0v) is 18.0. The van der Waals surface area contributed by atoms with E-state index in [1.807, 2.05) is 32.9 Å². The van der Waals surface area contributed by atoms with E-state index in [4.69, 9.17) is 0 Å². The number of likely N-dealkylation sites (N-methyl/N-ethyl adjacent to an activating group) is 1. The molecule has 7 nitrogen and oxygen atoms in total. The smallest absolute Gasteiger partial charge is 0.250 e. The molecule has 0 saturated heterocycles. The Morgan fingerprint density at radius 3 is 2.36 bits per heavy atom. The predicted octanol–water partition coefficient (Wildman–Crippen LogP) is 2.44. The summed E-state index contributed by atoms with van der Waals surface area (Å²) in [5.74, 6) is -0.619. The van der Waals surface area contributed by atoms with Gasteiger partial charge in [-0.25, -0.2) is 13.1 Å². The molecule has 0 saturated carbocycles. The fourth-order valence-electron chi connectivity index (χ4n) is 2.83. The first-order valence-electron chi connectivity index (χ1n) is 8.75. The van der Waals surface area contributed by atoms with Crippen LogP contribution < -0.4 is 10.0 Å². The third kappa shape index (κ3) is 5.88. The lowest BCUT2D eigenvalue weighted by Gasteiger charge is -2.18. The lowest BCUT2D eigenvalue weighted by molar-refractivity contribution is -0.133. The van der Waals surface area contributed by atoms with Crippen molar-refractivity contribution in [2.75, 3.05) is 25.5 Å². The van der Waals surface area contributed by atoms with Crippen molar-refractivity contribution in [2.45, 2.75) is 31.4 Å². The third-order valence-electron chi connectivity index (χ3n) is 4.14. The molecular weight excluding hydrogens is 398 g/mol. The van der Waals surface area contributed by atoms with Crippen molar-refractivity contribution in [3.63, 3.8) is 0 Å². The molecule has 0 aliphatic carbocycles. The van der Waals surface area contributed by atoms with Gasteiger partial charge in [-0.15, -0.1) is 11.3 Å².